The molecule has 17 heavy (non-hydrogen) atoms. The van der Waals surface area contributed by atoms with Gasteiger partial charge in [0, 0.05) is 20.0 Å². The second kappa shape index (κ2) is 7.07. The molecule has 1 atom stereocenters. The first kappa shape index (κ1) is 13.7. The van der Waals surface area contributed by atoms with Crippen molar-refractivity contribution in [3.05, 3.63) is 29.8 Å². The molecule has 0 aliphatic carbocycles. The maximum Gasteiger partial charge on any atom is 0.135 e. The zero-order chi connectivity index (χ0) is 12.7. The van der Waals surface area contributed by atoms with Crippen molar-refractivity contribution in [1.82, 2.24) is 0 Å². The Bertz CT molecular complexity index is 343. The standard InChI is InChI=1S/C14H20O3/c1-11(16-2)10-13(15)7-4-12-5-8-14(17-3)9-6-12/h5-6,8-9,11H,4,7,10H2,1-3H3. The normalized spacial score (nSPS) is 12.2. The first-order valence-corrected chi connectivity index (χ1v) is 5.83. The number of rotatable bonds is 7. The zero-order valence-corrected chi connectivity index (χ0v) is 10.7. The fourth-order valence-electron chi connectivity index (χ4n) is 1.58. The smallest absolute Gasteiger partial charge is 0.135 e. The van der Waals surface area contributed by atoms with Crippen LogP contribution < -0.4 is 4.74 Å². The Morgan fingerprint density at radius 3 is 2.41 bits per heavy atom. The summed E-state index contributed by atoms with van der Waals surface area (Å²) in [5.41, 5.74) is 1.16. The summed E-state index contributed by atoms with van der Waals surface area (Å²) in [7, 11) is 3.27. The van der Waals surface area contributed by atoms with Crippen molar-refractivity contribution >= 4 is 5.78 Å². The molecule has 0 spiro atoms. The molecule has 3 nitrogen and oxygen atoms in total. The van der Waals surface area contributed by atoms with E-state index in [-0.39, 0.29) is 11.9 Å². The monoisotopic (exact) mass is 236 g/mol. The number of carbonyl (C=O) groups is 1. The lowest BCUT2D eigenvalue weighted by Gasteiger charge is -2.08. The molecule has 1 unspecified atom stereocenters. The van der Waals surface area contributed by atoms with Gasteiger partial charge in [-0.2, -0.15) is 0 Å². The lowest BCUT2D eigenvalue weighted by molar-refractivity contribution is -0.121. The van der Waals surface area contributed by atoms with Gasteiger partial charge in [-0.15, -0.1) is 0 Å². The SMILES string of the molecule is COc1ccc(CCC(=O)CC(C)OC)cc1. The van der Waals surface area contributed by atoms with Crippen LogP contribution in [0.1, 0.15) is 25.3 Å². The average molecular weight is 236 g/mol. The van der Waals surface area contributed by atoms with Crippen LogP contribution >= 0.6 is 0 Å². The third-order valence-electron chi connectivity index (χ3n) is 2.77. The summed E-state index contributed by atoms with van der Waals surface area (Å²) >= 11 is 0. The van der Waals surface area contributed by atoms with Gasteiger partial charge in [-0.25, -0.2) is 0 Å². The van der Waals surface area contributed by atoms with Crippen LogP contribution in [-0.2, 0) is 16.0 Å². The molecule has 0 N–H and O–H groups in total. The molecule has 0 radical (unpaired) electrons. The summed E-state index contributed by atoms with van der Waals surface area (Å²) < 4.78 is 10.1. The number of Topliss-reactive ketones (excluding diaryl/α,β-unsaturated/α-hetero) is 1. The van der Waals surface area contributed by atoms with Crippen LogP contribution in [0.25, 0.3) is 0 Å². The van der Waals surface area contributed by atoms with E-state index in [4.69, 9.17) is 9.47 Å². The van der Waals surface area contributed by atoms with Gasteiger partial charge < -0.3 is 9.47 Å². The number of ketones is 1. The molecule has 1 aromatic carbocycles. The molecule has 0 aromatic heterocycles. The van der Waals surface area contributed by atoms with Crippen molar-refractivity contribution in [3.63, 3.8) is 0 Å². The first-order valence-electron chi connectivity index (χ1n) is 5.83. The number of methoxy groups -OCH3 is 2. The lowest BCUT2D eigenvalue weighted by atomic mass is 10.0. The van der Waals surface area contributed by atoms with Gasteiger partial charge in [0.1, 0.15) is 11.5 Å². The number of carbonyl (C=O) groups excluding carboxylic acids is 1. The van der Waals surface area contributed by atoms with E-state index in [1.165, 1.54) is 0 Å². The minimum Gasteiger partial charge on any atom is -0.497 e. The lowest BCUT2D eigenvalue weighted by Crippen LogP contribution is -2.12. The zero-order valence-electron chi connectivity index (χ0n) is 10.7. The Labute approximate surface area is 103 Å². The minimum atomic E-state index is 0.0124. The molecule has 0 aliphatic heterocycles. The van der Waals surface area contributed by atoms with Crippen LogP contribution in [0.15, 0.2) is 24.3 Å². The molecule has 1 aromatic rings. The number of hydrogen-bond acceptors (Lipinski definition) is 3. The molecule has 0 fully saturated rings. The van der Waals surface area contributed by atoms with Gasteiger partial charge in [0.05, 0.1) is 13.2 Å². The predicted octanol–water partition coefficient (Wildman–Crippen LogP) is 2.62. The third-order valence-corrected chi connectivity index (χ3v) is 2.77. The van der Waals surface area contributed by atoms with Gasteiger partial charge in [-0.05, 0) is 31.0 Å². The van der Waals surface area contributed by atoms with E-state index in [1.54, 1.807) is 14.2 Å². The van der Waals surface area contributed by atoms with Crippen molar-refractivity contribution in [2.75, 3.05) is 14.2 Å². The highest BCUT2D eigenvalue weighted by atomic mass is 16.5. The van der Waals surface area contributed by atoms with E-state index in [1.807, 2.05) is 31.2 Å². The maximum absolute atomic E-state index is 11.6. The molecule has 0 saturated heterocycles. The quantitative estimate of drug-likeness (QED) is 0.730. The number of aryl methyl sites for hydroxylation is 1. The van der Waals surface area contributed by atoms with Crippen molar-refractivity contribution < 1.29 is 14.3 Å². The maximum atomic E-state index is 11.6. The highest BCUT2D eigenvalue weighted by Gasteiger charge is 2.08. The van der Waals surface area contributed by atoms with Gasteiger partial charge >= 0.3 is 0 Å². The largest absolute Gasteiger partial charge is 0.497 e. The Morgan fingerprint density at radius 2 is 1.88 bits per heavy atom. The molecule has 0 aliphatic rings. The van der Waals surface area contributed by atoms with Crippen LogP contribution in [0.3, 0.4) is 0 Å². The third kappa shape index (κ3) is 5.00. The van der Waals surface area contributed by atoms with E-state index in [9.17, 15) is 4.79 Å². The van der Waals surface area contributed by atoms with Gasteiger partial charge in [0.15, 0.2) is 0 Å². The van der Waals surface area contributed by atoms with Gasteiger partial charge in [-0.3, -0.25) is 4.79 Å². The summed E-state index contributed by atoms with van der Waals surface area (Å²) in [6.07, 6.45) is 1.85. The van der Waals surface area contributed by atoms with Gasteiger partial charge in [0.2, 0.25) is 0 Å². The van der Waals surface area contributed by atoms with Crippen LogP contribution in [0.5, 0.6) is 5.75 Å². The first-order chi connectivity index (χ1) is 8.15. The summed E-state index contributed by atoms with van der Waals surface area (Å²) in [5.74, 6) is 1.09. The number of hydrogen-bond donors (Lipinski definition) is 0. The second-order valence-corrected chi connectivity index (χ2v) is 4.14. The van der Waals surface area contributed by atoms with E-state index in [0.29, 0.717) is 12.8 Å². The molecule has 0 heterocycles. The predicted molar refractivity (Wildman–Crippen MR) is 67.4 cm³/mol. The molecule has 0 amide bonds. The van der Waals surface area contributed by atoms with Crippen LogP contribution in [0.2, 0.25) is 0 Å². The van der Waals surface area contributed by atoms with Crippen molar-refractivity contribution in [2.24, 2.45) is 0 Å². The molecule has 94 valence electrons. The van der Waals surface area contributed by atoms with Crippen LogP contribution in [-0.4, -0.2) is 26.1 Å². The summed E-state index contributed by atoms with van der Waals surface area (Å²) in [4.78, 5) is 11.6. The average Bonchev–Trinajstić information content (AvgIpc) is 2.36. The number of ether oxygens (including phenoxy) is 2. The highest BCUT2D eigenvalue weighted by molar-refractivity contribution is 5.79. The molecule has 0 saturated carbocycles. The molecular formula is C14H20O3. The van der Waals surface area contributed by atoms with E-state index < -0.39 is 0 Å². The van der Waals surface area contributed by atoms with Crippen molar-refractivity contribution in [1.29, 1.82) is 0 Å². The Hall–Kier alpha value is -1.35. The molecule has 1 rings (SSSR count). The van der Waals surface area contributed by atoms with Crippen molar-refractivity contribution in [3.8, 4) is 5.75 Å². The summed E-state index contributed by atoms with van der Waals surface area (Å²) in [6.45, 7) is 1.91. The van der Waals surface area contributed by atoms with Gasteiger partial charge in [-0.1, -0.05) is 12.1 Å². The van der Waals surface area contributed by atoms with Crippen LogP contribution in [0, 0.1) is 0 Å². The summed E-state index contributed by atoms with van der Waals surface area (Å²) in [5, 5.41) is 0. The fourth-order valence-corrected chi connectivity index (χ4v) is 1.58. The fraction of sp³-hybridized carbons (Fsp3) is 0.500. The minimum absolute atomic E-state index is 0.0124. The topological polar surface area (TPSA) is 35.5 Å². The highest BCUT2D eigenvalue weighted by Crippen LogP contribution is 2.13. The van der Waals surface area contributed by atoms with E-state index in [0.717, 1.165) is 17.7 Å². The molecule has 0 bridgehead atoms. The molecule has 3 heteroatoms. The molecular weight excluding hydrogens is 216 g/mol. The van der Waals surface area contributed by atoms with Crippen LogP contribution in [0.4, 0.5) is 0 Å². The Kier molecular flexibility index (Phi) is 5.70. The van der Waals surface area contributed by atoms with E-state index in [2.05, 4.69) is 0 Å². The van der Waals surface area contributed by atoms with Crippen molar-refractivity contribution in [2.45, 2.75) is 32.3 Å². The number of benzene rings is 1. The Morgan fingerprint density at radius 1 is 1.24 bits per heavy atom. The summed E-state index contributed by atoms with van der Waals surface area (Å²) in [6, 6.07) is 7.81. The van der Waals surface area contributed by atoms with E-state index >= 15 is 0 Å². The van der Waals surface area contributed by atoms with Gasteiger partial charge in [0.25, 0.3) is 0 Å². The second-order valence-electron chi connectivity index (χ2n) is 4.14. The Balaban J connectivity index is 2.36.